The van der Waals surface area contributed by atoms with Gasteiger partial charge >= 0.3 is 0 Å². The summed E-state index contributed by atoms with van der Waals surface area (Å²) in [5.41, 5.74) is 7.01. The fourth-order valence-corrected chi connectivity index (χ4v) is 5.79. The van der Waals surface area contributed by atoms with Crippen LogP contribution in [-0.4, -0.2) is 33.6 Å². The van der Waals surface area contributed by atoms with Gasteiger partial charge in [-0.15, -0.1) is 0 Å². The first-order chi connectivity index (χ1) is 16.8. The molecule has 0 unspecified atom stereocenters. The number of hydroxylamine groups is 1. The minimum atomic E-state index is -3.61. The SMILES string of the molecule is COc1ccc(S(=O)(=O)c2ccc(CN(C)c3ccc4c5c(ccc(C)c35)C(NO)=N4)cc2)cc1. The molecular weight excluding hydrogens is 462 g/mol. The van der Waals surface area contributed by atoms with Crippen LogP contribution in [-0.2, 0) is 16.4 Å². The zero-order chi connectivity index (χ0) is 24.7. The smallest absolute Gasteiger partial charge is 0.206 e. The molecule has 1 aliphatic heterocycles. The van der Waals surface area contributed by atoms with Crippen molar-refractivity contribution in [3.63, 3.8) is 0 Å². The van der Waals surface area contributed by atoms with Crippen LogP contribution < -0.4 is 15.1 Å². The van der Waals surface area contributed by atoms with E-state index in [9.17, 15) is 13.6 Å². The van der Waals surface area contributed by atoms with Gasteiger partial charge in [0.1, 0.15) is 5.75 Å². The van der Waals surface area contributed by atoms with E-state index in [1.807, 2.05) is 43.4 Å². The van der Waals surface area contributed by atoms with E-state index in [2.05, 4.69) is 22.3 Å². The minimum Gasteiger partial charge on any atom is -0.497 e. The first-order valence-electron chi connectivity index (χ1n) is 11.1. The minimum absolute atomic E-state index is 0.227. The van der Waals surface area contributed by atoms with Crippen LogP contribution in [0.25, 0.3) is 10.8 Å². The van der Waals surface area contributed by atoms with E-state index in [4.69, 9.17) is 4.74 Å². The fourth-order valence-electron chi connectivity index (χ4n) is 4.53. The van der Waals surface area contributed by atoms with E-state index in [0.717, 1.165) is 38.8 Å². The molecule has 7 nitrogen and oxygen atoms in total. The lowest BCUT2D eigenvalue weighted by Crippen LogP contribution is -2.18. The molecule has 0 saturated carbocycles. The lowest BCUT2D eigenvalue weighted by molar-refractivity contribution is 0.235. The molecule has 0 saturated heterocycles. The molecule has 4 aromatic rings. The third-order valence-corrected chi connectivity index (χ3v) is 8.14. The maximum Gasteiger partial charge on any atom is 0.206 e. The molecule has 2 N–H and O–H groups in total. The zero-order valence-electron chi connectivity index (χ0n) is 19.6. The van der Waals surface area contributed by atoms with Crippen molar-refractivity contribution in [1.82, 2.24) is 5.48 Å². The van der Waals surface area contributed by atoms with Crippen molar-refractivity contribution in [2.24, 2.45) is 4.99 Å². The normalized spacial score (nSPS) is 12.5. The van der Waals surface area contributed by atoms with Crippen molar-refractivity contribution in [3.05, 3.63) is 89.5 Å². The first kappa shape index (κ1) is 22.9. The van der Waals surface area contributed by atoms with Gasteiger partial charge in [-0.05, 0) is 66.6 Å². The predicted octanol–water partition coefficient (Wildman–Crippen LogP) is 5.00. The molecule has 0 bridgehead atoms. The molecule has 1 heterocycles. The zero-order valence-corrected chi connectivity index (χ0v) is 20.4. The monoisotopic (exact) mass is 487 g/mol. The van der Waals surface area contributed by atoms with Crippen LogP contribution in [0.2, 0.25) is 0 Å². The number of nitrogens with zero attached hydrogens (tertiary/aromatic N) is 2. The number of aliphatic imine (C=N–C) groups is 1. The Hall–Kier alpha value is -3.88. The highest BCUT2D eigenvalue weighted by Gasteiger charge is 2.22. The number of hydrogen-bond acceptors (Lipinski definition) is 7. The van der Waals surface area contributed by atoms with Crippen LogP contribution in [0, 0.1) is 6.92 Å². The van der Waals surface area contributed by atoms with Gasteiger partial charge in [-0.2, -0.15) is 0 Å². The number of hydrogen-bond donors (Lipinski definition) is 2. The summed E-state index contributed by atoms with van der Waals surface area (Å²) < 4.78 is 31.1. The predicted molar refractivity (Wildman–Crippen MR) is 137 cm³/mol. The average Bonchev–Trinajstić information content (AvgIpc) is 3.25. The van der Waals surface area contributed by atoms with Gasteiger partial charge in [0.2, 0.25) is 9.84 Å². The van der Waals surface area contributed by atoms with Crippen LogP contribution in [0.15, 0.2) is 87.6 Å². The molecule has 0 fully saturated rings. The second-order valence-electron chi connectivity index (χ2n) is 8.54. The van der Waals surface area contributed by atoms with Crippen molar-refractivity contribution >= 4 is 37.8 Å². The Kier molecular flexibility index (Phi) is 5.70. The molecule has 0 amide bonds. The second-order valence-corrected chi connectivity index (χ2v) is 10.5. The van der Waals surface area contributed by atoms with Crippen molar-refractivity contribution in [2.45, 2.75) is 23.3 Å². The van der Waals surface area contributed by atoms with Crippen molar-refractivity contribution < 1.29 is 18.4 Å². The number of ether oxygens (including phenoxy) is 1. The maximum absolute atomic E-state index is 13.0. The van der Waals surface area contributed by atoms with Crippen molar-refractivity contribution in [2.75, 3.05) is 19.1 Å². The van der Waals surface area contributed by atoms with E-state index in [1.54, 1.807) is 43.5 Å². The van der Waals surface area contributed by atoms with Gasteiger partial charge in [-0.3, -0.25) is 10.7 Å². The van der Waals surface area contributed by atoms with E-state index < -0.39 is 9.84 Å². The number of anilines is 1. The van der Waals surface area contributed by atoms with Gasteiger partial charge < -0.3 is 9.64 Å². The molecule has 1 aliphatic rings. The summed E-state index contributed by atoms with van der Waals surface area (Å²) in [7, 11) is -0.0647. The standard InChI is InChI=1S/C27H25N3O4S/c1-17-4-13-22-26-23(28-27(22)29-31)14-15-24(25(17)26)30(2)16-18-5-9-20(10-6-18)35(32,33)21-11-7-19(34-3)8-12-21/h4-15,31H,16H2,1-3H3,(H,28,29). The summed E-state index contributed by atoms with van der Waals surface area (Å²) in [5, 5.41) is 11.6. The Morgan fingerprint density at radius 1 is 0.914 bits per heavy atom. The number of rotatable bonds is 6. The Morgan fingerprint density at radius 3 is 2.20 bits per heavy atom. The average molecular weight is 488 g/mol. The second kappa shape index (κ2) is 8.72. The highest BCUT2D eigenvalue weighted by atomic mass is 32.2. The molecule has 0 spiro atoms. The third kappa shape index (κ3) is 3.90. The van der Waals surface area contributed by atoms with E-state index in [0.29, 0.717) is 18.1 Å². The lowest BCUT2D eigenvalue weighted by atomic mass is 9.98. The number of nitrogens with one attached hydrogen (secondary N) is 1. The number of amidine groups is 1. The van der Waals surface area contributed by atoms with Gasteiger partial charge in [0.25, 0.3) is 0 Å². The third-order valence-electron chi connectivity index (χ3n) is 6.35. The lowest BCUT2D eigenvalue weighted by Gasteiger charge is -2.23. The van der Waals surface area contributed by atoms with Crippen LogP contribution in [0.4, 0.5) is 11.4 Å². The van der Waals surface area contributed by atoms with Gasteiger partial charge in [-0.1, -0.05) is 24.3 Å². The van der Waals surface area contributed by atoms with E-state index in [-0.39, 0.29) is 9.79 Å². The number of methoxy groups -OCH3 is 1. The topological polar surface area (TPSA) is 91.2 Å². The molecule has 0 atom stereocenters. The van der Waals surface area contributed by atoms with Gasteiger partial charge in [0.05, 0.1) is 22.6 Å². The molecule has 0 radical (unpaired) electrons. The first-order valence-corrected chi connectivity index (χ1v) is 12.6. The quantitative estimate of drug-likeness (QED) is 0.372. The fraction of sp³-hybridized carbons (Fsp3) is 0.148. The van der Waals surface area contributed by atoms with Crippen LogP contribution in [0.5, 0.6) is 5.75 Å². The van der Waals surface area contributed by atoms with Gasteiger partial charge in [0, 0.05) is 35.6 Å². The molecule has 8 heteroatoms. The molecule has 178 valence electrons. The Morgan fingerprint density at radius 2 is 1.57 bits per heavy atom. The molecule has 0 aromatic heterocycles. The molecule has 35 heavy (non-hydrogen) atoms. The summed E-state index contributed by atoms with van der Waals surface area (Å²) in [6.45, 7) is 2.65. The highest BCUT2D eigenvalue weighted by molar-refractivity contribution is 7.91. The molecule has 5 rings (SSSR count). The number of aryl methyl sites for hydroxylation is 1. The highest BCUT2D eigenvalue weighted by Crippen LogP contribution is 2.41. The van der Waals surface area contributed by atoms with Crippen LogP contribution in [0.3, 0.4) is 0 Å². The number of sulfone groups is 1. The summed E-state index contributed by atoms with van der Waals surface area (Å²) in [6.07, 6.45) is 0. The van der Waals surface area contributed by atoms with Crippen molar-refractivity contribution in [3.8, 4) is 5.75 Å². The maximum atomic E-state index is 13.0. The van der Waals surface area contributed by atoms with Gasteiger partial charge in [-0.25, -0.2) is 13.4 Å². The largest absolute Gasteiger partial charge is 0.497 e. The van der Waals surface area contributed by atoms with Crippen molar-refractivity contribution in [1.29, 1.82) is 0 Å². The Balaban J connectivity index is 1.42. The molecule has 0 aliphatic carbocycles. The molecule has 4 aromatic carbocycles. The molecular formula is C27H25N3O4S. The number of benzene rings is 4. The summed E-state index contributed by atoms with van der Waals surface area (Å²) in [4.78, 5) is 7.09. The van der Waals surface area contributed by atoms with E-state index in [1.165, 1.54) is 0 Å². The van der Waals surface area contributed by atoms with Crippen LogP contribution in [0.1, 0.15) is 16.7 Å². The van der Waals surface area contributed by atoms with Crippen LogP contribution >= 0.6 is 0 Å². The van der Waals surface area contributed by atoms with E-state index >= 15 is 0 Å². The summed E-state index contributed by atoms with van der Waals surface area (Å²) in [6, 6.07) is 21.3. The summed E-state index contributed by atoms with van der Waals surface area (Å²) in [5.74, 6) is 1.05. The summed E-state index contributed by atoms with van der Waals surface area (Å²) >= 11 is 0. The Labute approximate surface area is 204 Å². The Bertz CT molecular complexity index is 1560. The van der Waals surface area contributed by atoms with Gasteiger partial charge in [0.15, 0.2) is 5.84 Å².